The molecule has 0 fully saturated rings. The molecule has 0 aliphatic heterocycles. The van der Waals surface area contributed by atoms with E-state index in [1.807, 2.05) is 59.4 Å². The molecule has 0 radical (unpaired) electrons. The van der Waals surface area contributed by atoms with E-state index in [0.29, 0.717) is 17.1 Å². The van der Waals surface area contributed by atoms with E-state index in [0.717, 1.165) is 22.3 Å². The van der Waals surface area contributed by atoms with Crippen LogP contribution in [0.3, 0.4) is 0 Å². The van der Waals surface area contributed by atoms with Crippen molar-refractivity contribution in [1.82, 2.24) is 9.13 Å². The van der Waals surface area contributed by atoms with Gasteiger partial charge >= 0.3 is 0 Å². The average molecular weight is 345 g/mol. The maximum absolute atomic E-state index is 14.1. The van der Waals surface area contributed by atoms with Gasteiger partial charge in [0.05, 0.1) is 11.2 Å². The van der Waals surface area contributed by atoms with Gasteiger partial charge in [-0.3, -0.25) is 4.57 Å². The number of para-hydroxylation sites is 1. The Morgan fingerprint density at radius 1 is 0.962 bits per heavy atom. The number of hydrogen-bond acceptors (Lipinski definition) is 2. The Kier molecular flexibility index (Phi) is 3.55. The van der Waals surface area contributed by atoms with Crippen molar-refractivity contribution in [2.24, 2.45) is 0 Å². The molecule has 0 aliphatic carbocycles. The Hall–Kier alpha value is -3.52. The number of rotatable bonds is 2. The second-order valence-electron chi connectivity index (χ2n) is 6.25. The van der Waals surface area contributed by atoms with Crippen molar-refractivity contribution in [3.8, 4) is 23.3 Å². The highest BCUT2D eigenvalue weighted by Gasteiger charge is 2.22. The van der Waals surface area contributed by atoms with E-state index in [1.165, 1.54) is 12.1 Å². The highest BCUT2D eigenvalue weighted by molar-refractivity contribution is 5.92. The van der Waals surface area contributed by atoms with Crippen LogP contribution in [0.4, 0.5) is 4.39 Å². The van der Waals surface area contributed by atoms with E-state index in [4.69, 9.17) is 0 Å². The van der Waals surface area contributed by atoms with E-state index in [-0.39, 0.29) is 0 Å². The first-order valence-corrected chi connectivity index (χ1v) is 8.20. The van der Waals surface area contributed by atoms with Crippen LogP contribution in [0, 0.1) is 31.0 Å². The molecule has 26 heavy (non-hydrogen) atoms. The minimum absolute atomic E-state index is 0.402. The van der Waals surface area contributed by atoms with E-state index < -0.39 is 11.6 Å². The number of nitriles is 1. The van der Waals surface area contributed by atoms with Crippen LogP contribution in [0.25, 0.3) is 22.4 Å². The summed E-state index contributed by atoms with van der Waals surface area (Å²) in [6, 6.07) is 18.1. The third-order valence-electron chi connectivity index (χ3n) is 4.63. The van der Waals surface area contributed by atoms with Crippen molar-refractivity contribution in [2.45, 2.75) is 13.8 Å². The lowest BCUT2D eigenvalue weighted by Crippen LogP contribution is -2.08. The number of fused-ring (bicyclic) bond motifs is 1. The predicted octanol–water partition coefficient (Wildman–Crippen LogP) is 4.75. The van der Waals surface area contributed by atoms with Crippen molar-refractivity contribution in [3.63, 3.8) is 0 Å². The van der Waals surface area contributed by atoms with Crippen molar-refractivity contribution in [2.75, 3.05) is 0 Å². The fourth-order valence-corrected chi connectivity index (χ4v) is 3.45. The number of phenolic OH excluding ortho intramolecular Hbond substituents is 1. The Morgan fingerprint density at radius 2 is 1.65 bits per heavy atom. The number of nitrogens with zero attached hydrogens (tertiary/aromatic N) is 3. The van der Waals surface area contributed by atoms with E-state index in [1.54, 1.807) is 6.07 Å². The first-order valence-electron chi connectivity index (χ1n) is 8.20. The maximum Gasteiger partial charge on any atom is 0.166 e. The van der Waals surface area contributed by atoms with E-state index >= 15 is 0 Å². The topological polar surface area (TPSA) is 53.9 Å². The molecule has 2 aromatic carbocycles. The highest BCUT2D eigenvalue weighted by Crippen LogP contribution is 2.34. The first kappa shape index (κ1) is 16.0. The van der Waals surface area contributed by atoms with Gasteiger partial charge in [-0.05, 0) is 44.2 Å². The second-order valence-corrected chi connectivity index (χ2v) is 6.25. The van der Waals surface area contributed by atoms with Crippen molar-refractivity contribution in [3.05, 3.63) is 77.4 Å². The van der Waals surface area contributed by atoms with Crippen LogP contribution in [0.15, 0.2) is 54.6 Å². The molecule has 4 nitrogen and oxygen atoms in total. The highest BCUT2D eigenvalue weighted by atomic mass is 19.1. The van der Waals surface area contributed by atoms with Gasteiger partial charge in [-0.25, -0.2) is 4.39 Å². The second kappa shape index (κ2) is 5.78. The Morgan fingerprint density at radius 3 is 2.31 bits per heavy atom. The van der Waals surface area contributed by atoms with Crippen LogP contribution in [-0.2, 0) is 0 Å². The van der Waals surface area contributed by atoms with Crippen LogP contribution in [0.1, 0.15) is 17.0 Å². The van der Waals surface area contributed by atoms with Crippen LogP contribution >= 0.6 is 0 Å². The predicted molar refractivity (Wildman–Crippen MR) is 98.4 cm³/mol. The average Bonchev–Trinajstić information content (AvgIpc) is 3.13. The zero-order valence-electron chi connectivity index (χ0n) is 14.4. The monoisotopic (exact) mass is 345 g/mol. The Balaban J connectivity index is 2.20. The Bertz CT molecular complexity index is 1170. The molecular weight excluding hydrogens is 329 g/mol. The van der Waals surface area contributed by atoms with Crippen molar-refractivity contribution >= 4 is 10.9 Å². The molecule has 128 valence electrons. The Labute approximate surface area is 150 Å². The minimum Gasteiger partial charge on any atom is -0.505 e. The summed E-state index contributed by atoms with van der Waals surface area (Å²) < 4.78 is 17.9. The standard InChI is InChI=1S/C21H16FN3O/c1-13-7-8-14(2)24(13)21-17(12-23)16-5-3-4-6-19(16)25(21)15-9-10-20(26)18(22)11-15/h3-11,26H,1-2H3. The molecule has 2 aromatic heterocycles. The molecule has 0 saturated heterocycles. The lowest BCUT2D eigenvalue weighted by atomic mass is 10.2. The molecule has 0 saturated carbocycles. The zero-order chi connectivity index (χ0) is 18.4. The molecule has 1 N–H and O–H groups in total. The minimum atomic E-state index is -0.703. The summed E-state index contributed by atoms with van der Waals surface area (Å²) in [5.41, 5.74) is 3.82. The molecule has 4 rings (SSSR count). The number of halogens is 1. The van der Waals surface area contributed by atoms with Crippen molar-refractivity contribution in [1.29, 1.82) is 5.26 Å². The van der Waals surface area contributed by atoms with Crippen LogP contribution in [0.2, 0.25) is 0 Å². The lowest BCUT2D eigenvalue weighted by molar-refractivity contribution is 0.432. The summed E-state index contributed by atoms with van der Waals surface area (Å²) in [6.07, 6.45) is 0. The van der Waals surface area contributed by atoms with Gasteiger partial charge in [-0.1, -0.05) is 18.2 Å². The molecule has 2 heterocycles. The summed E-state index contributed by atoms with van der Waals surface area (Å²) in [7, 11) is 0. The first-order chi connectivity index (χ1) is 12.5. The largest absolute Gasteiger partial charge is 0.505 e. The molecule has 5 heteroatoms. The van der Waals surface area contributed by atoms with Crippen molar-refractivity contribution < 1.29 is 9.50 Å². The third-order valence-corrected chi connectivity index (χ3v) is 4.63. The number of aromatic hydroxyl groups is 1. The number of phenols is 1. The summed E-state index contributed by atoms with van der Waals surface area (Å²) in [6.45, 7) is 3.93. The summed E-state index contributed by atoms with van der Waals surface area (Å²) >= 11 is 0. The molecule has 0 bridgehead atoms. The molecular formula is C21H16FN3O. The van der Waals surface area contributed by atoms with Gasteiger partial charge in [0.15, 0.2) is 11.6 Å². The molecule has 0 spiro atoms. The van der Waals surface area contributed by atoms with E-state index in [9.17, 15) is 14.8 Å². The van der Waals surface area contributed by atoms with Gasteiger partial charge in [0.2, 0.25) is 0 Å². The fraction of sp³-hybridized carbons (Fsp3) is 0.0952. The number of aromatic nitrogens is 2. The quantitative estimate of drug-likeness (QED) is 0.570. The van der Waals surface area contributed by atoms with Gasteiger partial charge in [-0.15, -0.1) is 0 Å². The molecule has 0 aliphatic rings. The molecule has 0 unspecified atom stereocenters. The zero-order valence-corrected chi connectivity index (χ0v) is 14.4. The lowest BCUT2D eigenvalue weighted by Gasteiger charge is -2.16. The van der Waals surface area contributed by atoms with Gasteiger partial charge in [-0.2, -0.15) is 5.26 Å². The summed E-state index contributed by atoms with van der Waals surface area (Å²) in [5, 5.41) is 20.2. The number of hydrogen-bond donors (Lipinski definition) is 1. The molecule has 4 aromatic rings. The number of benzene rings is 2. The van der Waals surface area contributed by atoms with Crippen LogP contribution in [0.5, 0.6) is 5.75 Å². The molecule has 0 atom stereocenters. The van der Waals surface area contributed by atoms with Gasteiger partial charge < -0.3 is 9.67 Å². The van der Waals surface area contributed by atoms with E-state index in [2.05, 4.69) is 6.07 Å². The fourth-order valence-electron chi connectivity index (χ4n) is 3.45. The van der Waals surface area contributed by atoms with Gasteiger partial charge in [0.25, 0.3) is 0 Å². The maximum atomic E-state index is 14.1. The smallest absolute Gasteiger partial charge is 0.166 e. The van der Waals surface area contributed by atoms with Gasteiger partial charge in [0.1, 0.15) is 17.5 Å². The third kappa shape index (κ3) is 2.20. The summed E-state index contributed by atoms with van der Waals surface area (Å²) in [5.74, 6) is -0.440. The van der Waals surface area contributed by atoms with Crippen LogP contribution in [-0.4, -0.2) is 14.2 Å². The summed E-state index contributed by atoms with van der Waals surface area (Å²) in [4.78, 5) is 0. The normalized spacial score (nSPS) is 11.0. The van der Waals surface area contributed by atoms with Crippen LogP contribution < -0.4 is 0 Å². The number of aryl methyl sites for hydroxylation is 2. The van der Waals surface area contributed by atoms with Gasteiger partial charge in [0, 0.05) is 22.8 Å². The SMILES string of the molecule is Cc1ccc(C)n1-c1c(C#N)c2ccccc2n1-c1ccc(O)c(F)c1. The molecule has 0 amide bonds.